The number of alkyl halides is 3. The molecule has 6 heteroatoms. The molecule has 1 aromatic rings. The van der Waals surface area contributed by atoms with Crippen LogP contribution in [0.1, 0.15) is 41.7 Å². The van der Waals surface area contributed by atoms with Gasteiger partial charge in [-0.3, -0.25) is 9.78 Å². The minimum atomic E-state index is -4.57. The number of ketones is 1. The van der Waals surface area contributed by atoms with Gasteiger partial charge in [0.1, 0.15) is 0 Å². The summed E-state index contributed by atoms with van der Waals surface area (Å²) in [4.78, 5) is 15.8. The summed E-state index contributed by atoms with van der Waals surface area (Å²) in [5.74, 6) is -0.665. The van der Waals surface area contributed by atoms with Gasteiger partial charge in [-0.2, -0.15) is 24.9 Å². The topological polar surface area (TPSA) is 30.0 Å². The Bertz CT molecular complexity index is 519. The van der Waals surface area contributed by atoms with Gasteiger partial charge in [-0.15, -0.1) is 0 Å². The fraction of sp³-hybridized carbons (Fsp3) is 0.571. The molecule has 0 N–H and O–H groups in total. The van der Waals surface area contributed by atoms with Crippen LogP contribution in [-0.4, -0.2) is 21.3 Å². The van der Waals surface area contributed by atoms with Crippen molar-refractivity contribution in [3.05, 3.63) is 29.6 Å². The molecule has 108 valence electrons. The SMILES string of the molecule is O=C(c1cccnc1C(F)(F)F)C1CC2CCC(C1)S2. The van der Waals surface area contributed by atoms with Gasteiger partial charge in [0.05, 0.1) is 0 Å². The van der Waals surface area contributed by atoms with Crippen LogP contribution in [0.25, 0.3) is 0 Å². The summed E-state index contributed by atoms with van der Waals surface area (Å²) in [7, 11) is 0. The minimum absolute atomic E-state index is 0.267. The molecule has 0 aromatic carbocycles. The van der Waals surface area contributed by atoms with E-state index in [2.05, 4.69) is 4.98 Å². The van der Waals surface area contributed by atoms with Crippen molar-refractivity contribution in [3.8, 4) is 0 Å². The second-order valence-corrected chi connectivity index (χ2v) is 6.99. The van der Waals surface area contributed by atoms with E-state index in [0.29, 0.717) is 23.3 Å². The fourth-order valence-electron chi connectivity index (χ4n) is 3.12. The molecular weight excluding hydrogens is 287 g/mol. The number of hydrogen-bond donors (Lipinski definition) is 0. The van der Waals surface area contributed by atoms with Crippen LogP contribution in [0.2, 0.25) is 0 Å². The minimum Gasteiger partial charge on any atom is -0.294 e. The smallest absolute Gasteiger partial charge is 0.294 e. The molecule has 20 heavy (non-hydrogen) atoms. The lowest BCUT2D eigenvalue weighted by atomic mass is 9.89. The number of thioether (sulfide) groups is 1. The number of halogens is 3. The van der Waals surface area contributed by atoms with Crippen molar-refractivity contribution in [1.82, 2.24) is 4.98 Å². The zero-order valence-electron chi connectivity index (χ0n) is 10.7. The highest BCUT2D eigenvalue weighted by Crippen LogP contribution is 2.47. The molecule has 2 nitrogen and oxygen atoms in total. The number of rotatable bonds is 2. The first-order valence-corrected chi connectivity index (χ1v) is 7.61. The molecule has 2 atom stereocenters. The van der Waals surface area contributed by atoms with Crippen LogP contribution in [-0.2, 0) is 6.18 Å². The predicted octanol–water partition coefficient (Wildman–Crippen LogP) is 3.96. The highest BCUT2D eigenvalue weighted by atomic mass is 32.2. The van der Waals surface area contributed by atoms with Crippen molar-refractivity contribution in [2.24, 2.45) is 5.92 Å². The molecule has 2 saturated heterocycles. The first-order valence-electron chi connectivity index (χ1n) is 6.67. The summed E-state index contributed by atoms with van der Waals surface area (Å²) in [6, 6.07) is 2.65. The van der Waals surface area contributed by atoms with Gasteiger partial charge in [-0.1, -0.05) is 0 Å². The third-order valence-electron chi connectivity index (χ3n) is 4.00. The highest BCUT2D eigenvalue weighted by Gasteiger charge is 2.42. The Balaban J connectivity index is 1.88. The van der Waals surface area contributed by atoms with Crippen LogP contribution in [0, 0.1) is 5.92 Å². The molecule has 2 fully saturated rings. The zero-order chi connectivity index (χ0) is 14.3. The molecule has 3 heterocycles. The molecule has 2 bridgehead atoms. The maximum absolute atomic E-state index is 12.9. The summed E-state index contributed by atoms with van der Waals surface area (Å²) in [6.45, 7) is 0. The third-order valence-corrected chi connectivity index (χ3v) is 5.63. The third kappa shape index (κ3) is 2.57. The molecule has 0 aliphatic carbocycles. The van der Waals surface area contributed by atoms with Gasteiger partial charge in [0.2, 0.25) is 0 Å². The van der Waals surface area contributed by atoms with Crippen molar-refractivity contribution in [2.75, 3.05) is 0 Å². The standard InChI is InChI=1S/C14H14F3NOS/c15-14(16,17)13-11(2-1-5-18-13)12(19)8-6-9-3-4-10(7-8)20-9/h1-2,5,8-10H,3-4,6-7H2. The largest absolute Gasteiger partial charge is 0.434 e. The van der Waals surface area contributed by atoms with E-state index in [1.807, 2.05) is 11.8 Å². The number of hydrogen-bond acceptors (Lipinski definition) is 3. The van der Waals surface area contributed by atoms with E-state index in [9.17, 15) is 18.0 Å². The van der Waals surface area contributed by atoms with Gasteiger partial charge >= 0.3 is 6.18 Å². The van der Waals surface area contributed by atoms with Crippen molar-refractivity contribution < 1.29 is 18.0 Å². The maximum Gasteiger partial charge on any atom is 0.434 e. The molecule has 3 rings (SSSR count). The predicted molar refractivity (Wildman–Crippen MR) is 70.7 cm³/mol. The molecule has 2 unspecified atom stereocenters. The molecule has 0 radical (unpaired) electrons. The summed E-state index contributed by atoms with van der Waals surface area (Å²) >= 11 is 1.89. The Labute approximate surface area is 119 Å². The van der Waals surface area contributed by atoms with Gasteiger partial charge in [0, 0.05) is 28.2 Å². The number of Topliss-reactive ketones (excluding diaryl/α,β-unsaturated/α-hetero) is 1. The Morgan fingerprint density at radius 2 is 1.90 bits per heavy atom. The van der Waals surface area contributed by atoms with Crippen LogP contribution in [0.4, 0.5) is 13.2 Å². The van der Waals surface area contributed by atoms with Crippen LogP contribution in [0.3, 0.4) is 0 Å². The molecule has 1 aromatic heterocycles. The van der Waals surface area contributed by atoms with Gasteiger partial charge in [-0.25, -0.2) is 0 Å². The normalized spacial score (nSPS) is 29.4. The van der Waals surface area contributed by atoms with Crippen LogP contribution in [0.5, 0.6) is 0 Å². The lowest BCUT2D eigenvalue weighted by Crippen LogP contribution is -2.27. The van der Waals surface area contributed by atoms with E-state index in [1.54, 1.807) is 0 Å². The van der Waals surface area contributed by atoms with Crippen molar-refractivity contribution in [1.29, 1.82) is 0 Å². The Kier molecular flexibility index (Phi) is 3.52. The van der Waals surface area contributed by atoms with E-state index in [0.717, 1.165) is 19.0 Å². The lowest BCUT2D eigenvalue weighted by Gasteiger charge is -2.26. The number of nitrogens with zero attached hydrogens (tertiary/aromatic N) is 1. The van der Waals surface area contributed by atoms with Crippen molar-refractivity contribution in [2.45, 2.75) is 42.4 Å². The van der Waals surface area contributed by atoms with Gasteiger partial charge < -0.3 is 0 Å². The average molecular weight is 301 g/mol. The van der Waals surface area contributed by atoms with Crippen LogP contribution < -0.4 is 0 Å². The Morgan fingerprint density at radius 1 is 1.25 bits per heavy atom. The Hall–Kier alpha value is -1.04. The van der Waals surface area contributed by atoms with Gasteiger partial charge in [0.15, 0.2) is 11.5 Å². The highest BCUT2D eigenvalue weighted by molar-refractivity contribution is 8.00. The number of fused-ring (bicyclic) bond motifs is 2. The molecule has 0 amide bonds. The second-order valence-electron chi connectivity index (χ2n) is 5.39. The summed E-state index contributed by atoms with van der Waals surface area (Å²) in [5, 5.41) is 0.877. The summed E-state index contributed by atoms with van der Waals surface area (Å²) in [6.07, 6.45) is 0.0730. The first-order chi connectivity index (χ1) is 9.45. The zero-order valence-corrected chi connectivity index (χ0v) is 11.5. The molecule has 2 aliphatic heterocycles. The molecular formula is C14H14F3NOS. The molecule has 2 aliphatic rings. The molecule has 0 saturated carbocycles. The summed E-state index contributed by atoms with van der Waals surface area (Å²) in [5.41, 5.74) is -1.31. The van der Waals surface area contributed by atoms with E-state index in [1.165, 1.54) is 12.1 Å². The van der Waals surface area contributed by atoms with Crippen molar-refractivity contribution in [3.63, 3.8) is 0 Å². The van der Waals surface area contributed by atoms with E-state index < -0.39 is 11.9 Å². The number of pyridine rings is 1. The molecule has 0 spiro atoms. The van der Waals surface area contributed by atoms with Gasteiger partial charge in [-0.05, 0) is 37.8 Å². The van der Waals surface area contributed by atoms with Crippen molar-refractivity contribution >= 4 is 17.5 Å². The van der Waals surface area contributed by atoms with Gasteiger partial charge in [0.25, 0.3) is 0 Å². The first kappa shape index (κ1) is 13.9. The quantitative estimate of drug-likeness (QED) is 0.775. The van der Waals surface area contributed by atoms with E-state index >= 15 is 0 Å². The summed E-state index contributed by atoms with van der Waals surface area (Å²) < 4.78 is 38.8. The number of aromatic nitrogens is 1. The van der Waals surface area contributed by atoms with Crippen LogP contribution in [0.15, 0.2) is 18.3 Å². The maximum atomic E-state index is 12.9. The monoisotopic (exact) mass is 301 g/mol. The van der Waals surface area contributed by atoms with E-state index in [-0.39, 0.29) is 17.3 Å². The average Bonchev–Trinajstić information content (AvgIpc) is 2.75. The number of carbonyl (C=O) groups is 1. The lowest BCUT2D eigenvalue weighted by molar-refractivity contribution is -0.141. The second kappa shape index (κ2) is 5.06. The van der Waals surface area contributed by atoms with E-state index in [4.69, 9.17) is 0 Å². The van der Waals surface area contributed by atoms with Crippen LogP contribution >= 0.6 is 11.8 Å². The fourth-order valence-corrected chi connectivity index (χ4v) is 4.90. The number of carbonyl (C=O) groups excluding carboxylic acids is 1. The Morgan fingerprint density at radius 3 is 2.50 bits per heavy atom.